The van der Waals surface area contributed by atoms with Crippen LogP contribution in [0.25, 0.3) is 10.9 Å². The number of fused-ring (bicyclic) bond motifs is 1. The zero-order valence-corrected chi connectivity index (χ0v) is 12.0. The van der Waals surface area contributed by atoms with E-state index in [4.69, 9.17) is 0 Å². The molecular weight excluding hydrogens is 274 g/mol. The third-order valence-electron chi connectivity index (χ3n) is 2.54. The van der Waals surface area contributed by atoms with Gasteiger partial charge in [-0.3, -0.25) is 0 Å². The lowest BCUT2D eigenvalue weighted by Crippen LogP contribution is -2.04. The molecule has 0 spiro atoms. The summed E-state index contributed by atoms with van der Waals surface area (Å²) in [7, 11) is 3.16. The lowest BCUT2D eigenvalue weighted by atomic mass is 10.1. The molecule has 0 amide bonds. The summed E-state index contributed by atoms with van der Waals surface area (Å²) in [5.74, 6) is 2.49. The molecule has 2 rings (SSSR count). The van der Waals surface area contributed by atoms with Crippen molar-refractivity contribution in [2.75, 3.05) is 11.5 Å². The monoisotopic (exact) mass is 287 g/mol. The maximum Gasteiger partial charge on any atom is 0.0456 e. The Bertz CT molecular complexity index is 415. The Kier molecular flexibility index (Phi) is 4.88. The maximum atomic E-state index is 4.23. The zero-order chi connectivity index (χ0) is 11.4. The quantitative estimate of drug-likeness (QED) is 0.558. The molecule has 0 radical (unpaired) electrons. The topological polar surface area (TPSA) is 15.8 Å². The lowest BCUT2D eigenvalue weighted by molar-refractivity contribution is 0.867. The van der Waals surface area contributed by atoms with Crippen molar-refractivity contribution in [1.29, 1.82) is 0 Å². The van der Waals surface area contributed by atoms with Crippen LogP contribution >= 0.6 is 44.9 Å². The smallest absolute Gasteiger partial charge is 0.0456 e. The van der Waals surface area contributed by atoms with E-state index in [1.807, 2.05) is 0 Å². The highest BCUT2D eigenvalue weighted by molar-refractivity contribution is 8.69. The predicted octanol–water partition coefficient (Wildman–Crippen LogP) is 4.41. The Morgan fingerprint density at radius 1 is 1.12 bits per heavy atom. The summed E-state index contributed by atoms with van der Waals surface area (Å²) in [5, 5.41) is 1.27. The molecule has 1 heterocycles. The average molecular weight is 288 g/mol. The molecule has 2 aromatic rings. The van der Waals surface area contributed by atoms with Crippen molar-refractivity contribution in [3.05, 3.63) is 36.0 Å². The lowest BCUT2D eigenvalue weighted by Gasteiger charge is -2.11. The summed E-state index contributed by atoms with van der Waals surface area (Å²) in [6, 6.07) is 10.6. The number of thiol groups is 2. The molecule has 0 aliphatic carbocycles. The van der Waals surface area contributed by atoms with Crippen LogP contribution in [0.5, 0.6) is 0 Å². The highest BCUT2D eigenvalue weighted by atomic mass is 33.1. The van der Waals surface area contributed by atoms with E-state index in [9.17, 15) is 0 Å². The molecule has 0 fully saturated rings. The van der Waals surface area contributed by atoms with Gasteiger partial charge in [-0.1, -0.05) is 39.8 Å². The first kappa shape index (κ1) is 12.6. The Morgan fingerprint density at radius 3 is 2.44 bits per heavy atom. The molecule has 0 aliphatic rings. The van der Waals surface area contributed by atoms with Crippen LogP contribution in [0.4, 0.5) is 0 Å². The number of hydrogen-bond acceptors (Lipinski definition) is 4. The fraction of sp³-hybridized carbons (Fsp3) is 0.273. The first-order valence-electron chi connectivity index (χ1n) is 4.95. The van der Waals surface area contributed by atoms with Gasteiger partial charge in [0, 0.05) is 28.6 Å². The molecule has 0 unspecified atom stereocenters. The third kappa shape index (κ3) is 2.88. The molecule has 16 heavy (non-hydrogen) atoms. The van der Waals surface area contributed by atoms with E-state index in [0.717, 1.165) is 11.5 Å². The summed E-state index contributed by atoms with van der Waals surface area (Å²) in [6.07, 6.45) is 0. The van der Waals surface area contributed by atoms with E-state index >= 15 is 0 Å². The van der Waals surface area contributed by atoms with Crippen molar-refractivity contribution in [1.82, 2.24) is 4.98 Å². The molecule has 0 atom stereocenters. The number of aromatic amines is 1. The average Bonchev–Trinajstić information content (AvgIpc) is 2.72. The fourth-order valence-corrected chi connectivity index (χ4v) is 3.91. The van der Waals surface area contributed by atoms with Gasteiger partial charge < -0.3 is 4.98 Å². The van der Waals surface area contributed by atoms with E-state index in [2.05, 4.69) is 58.6 Å². The minimum atomic E-state index is 0.484. The number of benzene rings is 1. The molecule has 86 valence electrons. The second-order valence-electron chi connectivity index (χ2n) is 3.60. The minimum absolute atomic E-state index is 0.484. The van der Waals surface area contributed by atoms with E-state index in [1.54, 1.807) is 21.6 Å². The summed E-state index contributed by atoms with van der Waals surface area (Å²) in [5.41, 5.74) is 2.49. The Hall–Kier alpha value is 0.160. The Labute approximate surface area is 114 Å². The van der Waals surface area contributed by atoms with Crippen molar-refractivity contribution in [2.24, 2.45) is 0 Å². The predicted molar refractivity (Wildman–Crippen MR) is 83.9 cm³/mol. The van der Waals surface area contributed by atoms with Crippen LogP contribution in [0.3, 0.4) is 0 Å². The highest BCUT2D eigenvalue weighted by Gasteiger charge is 2.13. The van der Waals surface area contributed by atoms with Crippen LogP contribution in [0.15, 0.2) is 30.3 Å². The third-order valence-corrected chi connectivity index (χ3v) is 4.54. The summed E-state index contributed by atoms with van der Waals surface area (Å²) < 4.78 is 0. The normalized spacial score (nSPS) is 11.4. The van der Waals surface area contributed by atoms with Gasteiger partial charge in [0.25, 0.3) is 0 Å². The summed E-state index contributed by atoms with van der Waals surface area (Å²) in [4.78, 5) is 3.47. The molecule has 1 N–H and O–H groups in total. The van der Waals surface area contributed by atoms with Crippen LogP contribution < -0.4 is 0 Å². The van der Waals surface area contributed by atoms with Crippen LogP contribution in [0.2, 0.25) is 0 Å². The molecule has 0 saturated heterocycles. The Morgan fingerprint density at radius 2 is 1.81 bits per heavy atom. The number of rotatable bonds is 5. The molecule has 0 aliphatic heterocycles. The zero-order valence-electron chi connectivity index (χ0n) is 8.59. The van der Waals surface area contributed by atoms with Crippen LogP contribution in [-0.4, -0.2) is 16.5 Å². The van der Waals surface area contributed by atoms with Crippen molar-refractivity contribution < 1.29 is 0 Å². The van der Waals surface area contributed by atoms with Crippen molar-refractivity contribution in [3.63, 3.8) is 0 Å². The van der Waals surface area contributed by atoms with Gasteiger partial charge in [0.05, 0.1) is 0 Å². The Balaban J connectivity index is 2.29. The fourth-order valence-electron chi connectivity index (χ4n) is 1.72. The van der Waals surface area contributed by atoms with Crippen molar-refractivity contribution in [2.45, 2.75) is 5.92 Å². The molecule has 0 saturated carbocycles. The van der Waals surface area contributed by atoms with Crippen LogP contribution in [0, 0.1) is 0 Å². The number of H-pyrrole nitrogens is 1. The van der Waals surface area contributed by atoms with Gasteiger partial charge in [-0.05, 0) is 17.5 Å². The van der Waals surface area contributed by atoms with E-state index < -0.39 is 0 Å². The number of para-hydroxylation sites is 1. The van der Waals surface area contributed by atoms with Gasteiger partial charge >= 0.3 is 0 Å². The summed E-state index contributed by atoms with van der Waals surface area (Å²) >= 11 is 8.47. The summed E-state index contributed by atoms with van der Waals surface area (Å²) in [6.45, 7) is 0. The first-order chi connectivity index (χ1) is 7.85. The van der Waals surface area contributed by atoms with Crippen molar-refractivity contribution >= 4 is 55.8 Å². The SMILES string of the molecule is SSCC(CSS)c1cc2ccccc2[nH]1. The maximum absolute atomic E-state index is 4.23. The van der Waals surface area contributed by atoms with Gasteiger partial charge in [0.2, 0.25) is 0 Å². The molecule has 1 nitrogen and oxygen atoms in total. The second kappa shape index (κ2) is 6.19. The molecule has 1 aromatic carbocycles. The molecule has 1 aromatic heterocycles. The van der Waals surface area contributed by atoms with Gasteiger partial charge in [-0.25, -0.2) is 0 Å². The van der Waals surface area contributed by atoms with Gasteiger partial charge in [0.15, 0.2) is 0 Å². The highest BCUT2D eigenvalue weighted by Crippen LogP contribution is 2.29. The standard InChI is InChI=1S/C11H13NS4/c13-15-6-9(7-16-14)11-5-8-3-1-2-4-10(8)12-11/h1-5,9,12-14H,6-7H2. The number of nitrogens with one attached hydrogen (secondary N) is 1. The van der Waals surface area contributed by atoms with Crippen molar-refractivity contribution in [3.8, 4) is 0 Å². The van der Waals surface area contributed by atoms with Gasteiger partial charge in [0.1, 0.15) is 0 Å². The van der Waals surface area contributed by atoms with E-state index in [0.29, 0.717) is 5.92 Å². The van der Waals surface area contributed by atoms with Crippen LogP contribution in [0.1, 0.15) is 11.6 Å². The van der Waals surface area contributed by atoms with Gasteiger partial charge in [-0.15, -0.1) is 23.3 Å². The van der Waals surface area contributed by atoms with E-state index in [1.165, 1.54) is 16.6 Å². The molecular formula is C11H13NS4. The molecule has 0 bridgehead atoms. The van der Waals surface area contributed by atoms with Crippen LogP contribution in [-0.2, 0) is 0 Å². The van der Waals surface area contributed by atoms with Gasteiger partial charge in [-0.2, -0.15) is 0 Å². The number of hydrogen-bond donors (Lipinski definition) is 3. The largest absolute Gasteiger partial charge is 0.358 e. The first-order valence-corrected chi connectivity index (χ1v) is 9.03. The molecule has 5 heteroatoms. The minimum Gasteiger partial charge on any atom is -0.358 e. The second-order valence-corrected chi connectivity index (χ2v) is 6.33. The van der Waals surface area contributed by atoms with E-state index in [-0.39, 0.29) is 0 Å². The number of aromatic nitrogens is 1.